The van der Waals surface area contributed by atoms with Gasteiger partial charge in [-0.1, -0.05) is 11.6 Å². The van der Waals surface area contributed by atoms with Gasteiger partial charge in [0.15, 0.2) is 17.0 Å². The number of carbonyl (C=O) groups excluding carboxylic acids is 1. The van der Waals surface area contributed by atoms with Crippen LogP contribution in [0.1, 0.15) is 42.4 Å². The highest BCUT2D eigenvalue weighted by molar-refractivity contribution is 7.16. The van der Waals surface area contributed by atoms with Gasteiger partial charge in [-0.05, 0) is 49.7 Å². The number of imidazole rings is 1. The Kier molecular flexibility index (Phi) is 5.51. The third-order valence-electron chi connectivity index (χ3n) is 6.11. The van der Waals surface area contributed by atoms with Gasteiger partial charge in [-0.2, -0.15) is 0 Å². The van der Waals surface area contributed by atoms with E-state index in [4.69, 9.17) is 17.3 Å². The molecule has 32 heavy (non-hydrogen) atoms. The topological polar surface area (TPSA) is 139 Å². The van der Waals surface area contributed by atoms with Crippen LogP contribution < -0.4 is 11.1 Å². The fraction of sp³-hybridized carbons (Fsp3) is 0.429. The molecule has 3 aromatic heterocycles. The number of aliphatic hydroxyl groups is 2. The monoisotopic (exact) mass is 472 g/mol. The van der Waals surface area contributed by atoms with Crippen LogP contribution in [0.15, 0.2) is 18.5 Å². The second-order valence-corrected chi connectivity index (χ2v) is 9.85. The van der Waals surface area contributed by atoms with Gasteiger partial charge in [0.1, 0.15) is 6.10 Å². The number of amides is 1. The zero-order valence-electron chi connectivity index (χ0n) is 16.9. The first kappa shape index (κ1) is 21.2. The Balaban J connectivity index is 1.57. The van der Waals surface area contributed by atoms with Crippen molar-refractivity contribution in [3.8, 4) is 11.8 Å². The summed E-state index contributed by atoms with van der Waals surface area (Å²) in [6.07, 6.45) is 2.58. The number of thiophene rings is 1. The van der Waals surface area contributed by atoms with E-state index in [9.17, 15) is 15.0 Å². The number of carbonyl (C=O) groups is 1. The molecule has 3 aromatic rings. The van der Waals surface area contributed by atoms with E-state index in [0.29, 0.717) is 33.2 Å². The van der Waals surface area contributed by atoms with Crippen LogP contribution in [0, 0.1) is 17.8 Å². The first-order valence-corrected chi connectivity index (χ1v) is 11.5. The van der Waals surface area contributed by atoms with E-state index in [1.165, 1.54) is 11.3 Å². The van der Waals surface area contributed by atoms with Crippen molar-refractivity contribution in [3.05, 3.63) is 33.5 Å². The predicted molar refractivity (Wildman–Crippen MR) is 120 cm³/mol. The van der Waals surface area contributed by atoms with Crippen LogP contribution in [0.5, 0.6) is 0 Å². The summed E-state index contributed by atoms with van der Waals surface area (Å²) in [7, 11) is 0. The Labute approximate surface area is 192 Å². The molecule has 166 valence electrons. The number of aromatic nitrogens is 4. The van der Waals surface area contributed by atoms with Crippen LogP contribution >= 0.6 is 22.9 Å². The van der Waals surface area contributed by atoms with E-state index in [1.54, 1.807) is 17.0 Å². The van der Waals surface area contributed by atoms with Gasteiger partial charge in [0.05, 0.1) is 33.6 Å². The minimum absolute atomic E-state index is 0.188. The van der Waals surface area contributed by atoms with Crippen LogP contribution in [0.3, 0.4) is 0 Å². The zero-order chi connectivity index (χ0) is 22.4. The normalized spacial score (nSPS) is 25.3. The fourth-order valence-corrected chi connectivity index (χ4v) is 5.02. The summed E-state index contributed by atoms with van der Waals surface area (Å²) in [6, 6.07) is 3.32. The van der Waals surface area contributed by atoms with Gasteiger partial charge in [0.2, 0.25) is 11.7 Å². The van der Waals surface area contributed by atoms with E-state index in [2.05, 4.69) is 32.1 Å². The van der Waals surface area contributed by atoms with Crippen molar-refractivity contribution >= 4 is 45.8 Å². The number of fused-ring (bicyclic) bond motifs is 1. The number of nitrogens with two attached hydrogens (primary N) is 1. The molecule has 2 fully saturated rings. The summed E-state index contributed by atoms with van der Waals surface area (Å²) >= 11 is 7.35. The Bertz CT molecular complexity index is 1240. The highest BCUT2D eigenvalue weighted by Crippen LogP contribution is 2.37. The standard InChI is InChI=1S/C21H21ClN6O3S/c22-14-6-4-11(32-14)5-7-15-26-20(25-10-2-1-3-10)16-21(27-15)28(9-24-16)13-8-12(19(23)31)17(29)18(13)30/h4,6,9-10,12-13,17-18,29-30H,1-3,8H2,(H2,23,31)(H,25,26,27). The molecule has 2 saturated carbocycles. The van der Waals surface area contributed by atoms with E-state index in [1.807, 2.05) is 6.07 Å². The minimum Gasteiger partial charge on any atom is -0.390 e. The molecule has 2 aliphatic carbocycles. The maximum Gasteiger partial charge on any atom is 0.223 e. The molecule has 0 aromatic carbocycles. The number of anilines is 1. The van der Waals surface area contributed by atoms with Crippen molar-refractivity contribution in [1.82, 2.24) is 19.5 Å². The summed E-state index contributed by atoms with van der Waals surface area (Å²) in [5.41, 5.74) is 6.42. The minimum atomic E-state index is -1.24. The second kappa shape index (κ2) is 8.33. The lowest BCUT2D eigenvalue weighted by Gasteiger charge is -2.27. The quantitative estimate of drug-likeness (QED) is 0.423. The van der Waals surface area contributed by atoms with Crippen molar-refractivity contribution in [3.63, 3.8) is 0 Å². The highest BCUT2D eigenvalue weighted by atomic mass is 35.5. The number of hydrogen-bond donors (Lipinski definition) is 4. The van der Waals surface area contributed by atoms with Crippen LogP contribution in [0.2, 0.25) is 4.34 Å². The number of hydrogen-bond acceptors (Lipinski definition) is 8. The van der Waals surface area contributed by atoms with Crippen molar-refractivity contribution in [2.24, 2.45) is 11.7 Å². The van der Waals surface area contributed by atoms with Gasteiger partial charge >= 0.3 is 0 Å². The molecule has 0 radical (unpaired) electrons. The summed E-state index contributed by atoms with van der Waals surface area (Å²) in [6.45, 7) is 0. The lowest BCUT2D eigenvalue weighted by molar-refractivity contribution is -0.125. The molecule has 0 aliphatic heterocycles. The molecule has 0 spiro atoms. The molecule has 1 amide bonds. The van der Waals surface area contributed by atoms with Crippen molar-refractivity contribution in [2.45, 2.75) is 50.0 Å². The number of nitrogens with one attached hydrogen (secondary N) is 1. The van der Waals surface area contributed by atoms with Crippen LogP contribution in [0.25, 0.3) is 11.2 Å². The molecule has 0 saturated heterocycles. The lowest BCUT2D eigenvalue weighted by atomic mass is 9.93. The number of rotatable bonds is 4. The van der Waals surface area contributed by atoms with E-state index >= 15 is 0 Å². The third-order valence-corrected chi connectivity index (χ3v) is 7.26. The van der Waals surface area contributed by atoms with Gasteiger partial charge in [-0.25, -0.2) is 15.0 Å². The van der Waals surface area contributed by atoms with E-state index in [0.717, 1.165) is 24.1 Å². The number of nitrogens with zero attached hydrogens (tertiary/aromatic N) is 4. The van der Waals surface area contributed by atoms with Gasteiger partial charge in [-0.15, -0.1) is 11.3 Å². The van der Waals surface area contributed by atoms with Gasteiger partial charge < -0.3 is 25.8 Å². The summed E-state index contributed by atoms with van der Waals surface area (Å²) in [5.74, 6) is 5.39. The Morgan fingerprint density at radius 3 is 2.69 bits per heavy atom. The second-order valence-electron chi connectivity index (χ2n) is 8.14. The fourth-order valence-electron chi connectivity index (χ4n) is 4.13. The lowest BCUT2D eigenvalue weighted by Crippen LogP contribution is -2.35. The molecule has 0 bridgehead atoms. The molecule has 3 heterocycles. The Morgan fingerprint density at radius 1 is 1.25 bits per heavy atom. The largest absolute Gasteiger partial charge is 0.390 e. The maximum atomic E-state index is 11.7. The molecule has 5 rings (SSSR count). The van der Waals surface area contributed by atoms with Crippen molar-refractivity contribution in [2.75, 3.05) is 5.32 Å². The van der Waals surface area contributed by atoms with E-state index < -0.39 is 30.1 Å². The maximum absolute atomic E-state index is 11.7. The van der Waals surface area contributed by atoms with Crippen molar-refractivity contribution in [1.29, 1.82) is 0 Å². The van der Waals surface area contributed by atoms with E-state index in [-0.39, 0.29) is 6.42 Å². The molecule has 4 atom stereocenters. The molecule has 11 heteroatoms. The third kappa shape index (κ3) is 3.82. The molecule has 4 unspecified atom stereocenters. The molecule has 9 nitrogen and oxygen atoms in total. The highest BCUT2D eigenvalue weighted by Gasteiger charge is 2.45. The number of primary amides is 1. The molecular formula is C21H21ClN6O3S. The molecule has 5 N–H and O–H groups in total. The first-order chi connectivity index (χ1) is 15.4. The Morgan fingerprint density at radius 2 is 2.06 bits per heavy atom. The summed E-state index contributed by atoms with van der Waals surface area (Å²) in [5, 5.41) is 24.3. The predicted octanol–water partition coefficient (Wildman–Crippen LogP) is 1.67. The Hall–Kier alpha value is -2.71. The smallest absolute Gasteiger partial charge is 0.223 e. The van der Waals surface area contributed by atoms with Crippen molar-refractivity contribution < 1.29 is 15.0 Å². The van der Waals surface area contributed by atoms with Crippen LogP contribution in [-0.4, -0.2) is 53.9 Å². The average molecular weight is 473 g/mol. The van der Waals surface area contributed by atoms with Crippen LogP contribution in [-0.2, 0) is 4.79 Å². The van der Waals surface area contributed by atoms with Crippen LogP contribution in [0.4, 0.5) is 5.82 Å². The molecule has 2 aliphatic rings. The van der Waals surface area contributed by atoms with Gasteiger partial charge in [0, 0.05) is 6.04 Å². The zero-order valence-corrected chi connectivity index (χ0v) is 18.5. The van der Waals surface area contributed by atoms with Gasteiger partial charge in [-0.3, -0.25) is 4.79 Å². The summed E-state index contributed by atoms with van der Waals surface area (Å²) < 4.78 is 2.32. The number of aliphatic hydroxyl groups excluding tert-OH is 2. The van der Waals surface area contributed by atoms with Gasteiger partial charge in [0.25, 0.3) is 0 Å². The average Bonchev–Trinajstić information content (AvgIpc) is 3.41. The SMILES string of the molecule is NC(=O)C1CC(n2cnc3c(NC4CCC4)nc(C#Cc4ccc(Cl)s4)nc32)C(O)C1O. The number of halogens is 1. The first-order valence-electron chi connectivity index (χ1n) is 10.3. The summed E-state index contributed by atoms with van der Waals surface area (Å²) in [4.78, 5) is 26.1. The molecular weight excluding hydrogens is 452 g/mol.